The molecular weight excluding hydrogens is 228 g/mol. The molecule has 1 fully saturated rings. The van der Waals surface area contributed by atoms with Crippen LogP contribution in [-0.4, -0.2) is 37.7 Å². The monoisotopic (exact) mass is 256 g/mol. The van der Waals surface area contributed by atoms with E-state index < -0.39 is 0 Å². The smallest absolute Gasteiger partial charge is 0.249 e. The minimum atomic E-state index is -0.337. The lowest BCUT2D eigenvalue weighted by Crippen LogP contribution is -2.40. The molecule has 1 aliphatic heterocycles. The molecule has 3 atom stereocenters. The lowest BCUT2D eigenvalue weighted by atomic mass is 9.97. The Kier molecular flexibility index (Phi) is 7.28. The fraction of sp³-hybridized carbons (Fsp3) is 0.929. The van der Waals surface area contributed by atoms with Crippen LogP contribution in [0.2, 0.25) is 0 Å². The SMILES string of the molecule is CCC(C)NC(=O)C(C)OCCC1CCCNC1. The average molecular weight is 256 g/mol. The minimum absolute atomic E-state index is 0.00567. The van der Waals surface area contributed by atoms with Crippen molar-refractivity contribution >= 4 is 5.91 Å². The highest BCUT2D eigenvalue weighted by Gasteiger charge is 2.17. The summed E-state index contributed by atoms with van der Waals surface area (Å²) >= 11 is 0. The second-order valence-electron chi connectivity index (χ2n) is 5.33. The molecule has 4 heteroatoms. The van der Waals surface area contributed by atoms with Gasteiger partial charge in [-0.3, -0.25) is 4.79 Å². The highest BCUT2D eigenvalue weighted by molar-refractivity contribution is 5.80. The van der Waals surface area contributed by atoms with Crippen LogP contribution < -0.4 is 10.6 Å². The first kappa shape index (κ1) is 15.4. The van der Waals surface area contributed by atoms with Crippen LogP contribution in [0.3, 0.4) is 0 Å². The molecule has 0 bridgehead atoms. The largest absolute Gasteiger partial charge is 0.369 e. The average Bonchev–Trinajstić information content (AvgIpc) is 2.39. The van der Waals surface area contributed by atoms with E-state index in [4.69, 9.17) is 4.74 Å². The van der Waals surface area contributed by atoms with Gasteiger partial charge in [-0.25, -0.2) is 0 Å². The maximum Gasteiger partial charge on any atom is 0.249 e. The van der Waals surface area contributed by atoms with Crippen molar-refractivity contribution < 1.29 is 9.53 Å². The Morgan fingerprint density at radius 2 is 2.28 bits per heavy atom. The van der Waals surface area contributed by atoms with E-state index in [-0.39, 0.29) is 18.1 Å². The van der Waals surface area contributed by atoms with Crippen LogP contribution in [0.25, 0.3) is 0 Å². The van der Waals surface area contributed by atoms with Gasteiger partial charge >= 0.3 is 0 Å². The number of nitrogens with one attached hydrogen (secondary N) is 2. The summed E-state index contributed by atoms with van der Waals surface area (Å²) in [5.74, 6) is 0.717. The Morgan fingerprint density at radius 1 is 1.50 bits per heavy atom. The first-order valence-corrected chi connectivity index (χ1v) is 7.26. The van der Waals surface area contributed by atoms with Crippen LogP contribution in [0.1, 0.15) is 46.5 Å². The highest BCUT2D eigenvalue weighted by atomic mass is 16.5. The number of piperidine rings is 1. The van der Waals surface area contributed by atoms with Gasteiger partial charge in [0.15, 0.2) is 0 Å². The Balaban J connectivity index is 2.11. The Morgan fingerprint density at radius 3 is 2.89 bits per heavy atom. The van der Waals surface area contributed by atoms with E-state index >= 15 is 0 Å². The van der Waals surface area contributed by atoms with Gasteiger partial charge in [0, 0.05) is 12.6 Å². The molecule has 106 valence electrons. The van der Waals surface area contributed by atoms with Gasteiger partial charge < -0.3 is 15.4 Å². The van der Waals surface area contributed by atoms with Gasteiger partial charge in [-0.05, 0) is 58.5 Å². The van der Waals surface area contributed by atoms with E-state index in [1.807, 2.05) is 13.8 Å². The molecule has 0 aromatic rings. The molecule has 1 heterocycles. The molecule has 1 amide bonds. The van der Waals surface area contributed by atoms with E-state index in [1.54, 1.807) is 0 Å². The van der Waals surface area contributed by atoms with Crippen LogP contribution >= 0.6 is 0 Å². The van der Waals surface area contributed by atoms with E-state index in [9.17, 15) is 4.79 Å². The predicted octanol–water partition coefficient (Wildman–Crippen LogP) is 1.70. The summed E-state index contributed by atoms with van der Waals surface area (Å²) in [4.78, 5) is 11.7. The lowest BCUT2D eigenvalue weighted by molar-refractivity contribution is -0.132. The number of ether oxygens (including phenoxy) is 1. The molecule has 0 saturated carbocycles. The fourth-order valence-electron chi connectivity index (χ4n) is 2.12. The molecule has 0 spiro atoms. The van der Waals surface area contributed by atoms with E-state index in [2.05, 4.69) is 17.6 Å². The normalized spacial score (nSPS) is 23.4. The second-order valence-corrected chi connectivity index (χ2v) is 5.33. The number of carbonyl (C=O) groups excluding carboxylic acids is 1. The summed E-state index contributed by atoms with van der Waals surface area (Å²) in [5.41, 5.74) is 0. The van der Waals surface area contributed by atoms with Crippen molar-refractivity contribution in [1.82, 2.24) is 10.6 Å². The molecule has 1 saturated heterocycles. The Bertz CT molecular complexity index is 240. The number of carbonyl (C=O) groups is 1. The molecule has 18 heavy (non-hydrogen) atoms. The second kappa shape index (κ2) is 8.48. The van der Waals surface area contributed by atoms with E-state index in [1.165, 1.54) is 12.8 Å². The third kappa shape index (κ3) is 5.83. The Hall–Kier alpha value is -0.610. The summed E-state index contributed by atoms with van der Waals surface area (Å²) in [6.45, 7) is 8.82. The topological polar surface area (TPSA) is 50.4 Å². The summed E-state index contributed by atoms with van der Waals surface area (Å²) in [6.07, 6.45) is 4.20. The van der Waals surface area contributed by atoms with Crippen molar-refractivity contribution in [3.63, 3.8) is 0 Å². The van der Waals surface area contributed by atoms with Crippen molar-refractivity contribution in [3.8, 4) is 0 Å². The number of hydrogen-bond donors (Lipinski definition) is 2. The van der Waals surface area contributed by atoms with Gasteiger partial charge in [-0.1, -0.05) is 6.92 Å². The van der Waals surface area contributed by atoms with E-state index in [0.717, 1.165) is 25.9 Å². The zero-order chi connectivity index (χ0) is 13.4. The van der Waals surface area contributed by atoms with Gasteiger partial charge in [0.25, 0.3) is 0 Å². The van der Waals surface area contributed by atoms with Crippen LogP contribution in [0.15, 0.2) is 0 Å². The molecule has 1 aliphatic rings. The van der Waals surface area contributed by atoms with Gasteiger partial charge in [0.05, 0.1) is 0 Å². The molecule has 0 aliphatic carbocycles. The van der Waals surface area contributed by atoms with Crippen molar-refractivity contribution in [2.45, 2.75) is 58.6 Å². The van der Waals surface area contributed by atoms with Crippen molar-refractivity contribution in [3.05, 3.63) is 0 Å². The van der Waals surface area contributed by atoms with Crippen LogP contribution in [-0.2, 0) is 9.53 Å². The standard InChI is InChI=1S/C14H28N2O2/c1-4-11(2)16-14(17)12(3)18-9-7-13-6-5-8-15-10-13/h11-13,15H,4-10H2,1-3H3,(H,16,17). The highest BCUT2D eigenvalue weighted by Crippen LogP contribution is 2.14. The lowest BCUT2D eigenvalue weighted by Gasteiger charge is -2.23. The van der Waals surface area contributed by atoms with Gasteiger partial charge in [-0.2, -0.15) is 0 Å². The molecule has 0 aromatic heterocycles. The minimum Gasteiger partial charge on any atom is -0.369 e. The van der Waals surface area contributed by atoms with Crippen molar-refractivity contribution in [2.75, 3.05) is 19.7 Å². The van der Waals surface area contributed by atoms with Gasteiger partial charge in [-0.15, -0.1) is 0 Å². The summed E-state index contributed by atoms with van der Waals surface area (Å²) < 4.78 is 5.61. The summed E-state index contributed by atoms with van der Waals surface area (Å²) in [6, 6.07) is 0.228. The molecule has 4 nitrogen and oxygen atoms in total. The molecule has 1 rings (SSSR count). The van der Waals surface area contributed by atoms with Crippen LogP contribution in [0, 0.1) is 5.92 Å². The number of hydrogen-bond acceptors (Lipinski definition) is 3. The molecule has 3 unspecified atom stereocenters. The van der Waals surface area contributed by atoms with E-state index in [0.29, 0.717) is 12.5 Å². The van der Waals surface area contributed by atoms with Crippen LogP contribution in [0.5, 0.6) is 0 Å². The maximum absolute atomic E-state index is 11.7. The quantitative estimate of drug-likeness (QED) is 0.729. The molecule has 2 N–H and O–H groups in total. The van der Waals surface area contributed by atoms with Crippen molar-refractivity contribution in [1.29, 1.82) is 0 Å². The Labute approximate surface area is 111 Å². The first-order chi connectivity index (χ1) is 8.63. The number of amides is 1. The number of rotatable bonds is 7. The summed E-state index contributed by atoms with van der Waals surface area (Å²) in [7, 11) is 0. The first-order valence-electron chi connectivity index (χ1n) is 7.26. The van der Waals surface area contributed by atoms with Gasteiger partial charge in [0.2, 0.25) is 5.91 Å². The maximum atomic E-state index is 11.7. The third-order valence-electron chi connectivity index (χ3n) is 3.66. The zero-order valence-electron chi connectivity index (χ0n) is 12.0. The van der Waals surface area contributed by atoms with Crippen LogP contribution in [0.4, 0.5) is 0 Å². The fourth-order valence-corrected chi connectivity index (χ4v) is 2.12. The van der Waals surface area contributed by atoms with Gasteiger partial charge in [0.1, 0.15) is 6.10 Å². The molecule has 0 radical (unpaired) electrons. The summed E-state index contributed by atoms with van der Waals surface area (Å²) in [5, 5.41) is 6.34. The molecule has 0 aromatic carbocycles. The molecular formula is C14H28N2O2. The zero-order valence-corrected chi connectivity index (χ0v) is 12.0. The predicted molar refractivity (Wildman–Crippen MR) is 73.5 cm³/mol. The third-order valence-corrected chi connectivity index (χ3v) is 3.66. The van der Waals surface area contributed by atoms with Crippen molar-refractivity contribution in [2.24, 2.45) is 5.92 Å².